The van der Waals surface area contributed by atoms with E-state index < -0.39 is 0 Å². The van der Waals surface area contributed by atoms with Gasteiger partial charge in [0, 0.05) is 16.3 Å². The minimum atomic E-state index is -0.293. The lowest BCUT2D eigenvalue weighted by Crippen LogP contribution is -2.12. The molecule has 0 unspecified atom stereocenters. The number of carbonyl (C=O) groups excluding carboxylic acids is 1. The van der Waals surface area contributed by atoms with Crippen molar-refractivity contribution in [3.8, 4) is 6.07 Å². The summed E-state index contributed by atoms with van der Waals surface area (Å²) in [5, 5.41) is 12.6. The standard InChI is InChI=1S/C17H13ClN2O/c18-14-5-1-12(2-6-14)16(21)20-15-7-3-13(4-8-15)17(11-19)9-10-17/h1-8H,9-10H2,(H,20,21). The Morgan fingerprint density at radius 2 is 1.71 bits per heavy atom. The predicted molar refractivity (Wildman–Crippen MR) is 82.4 cm³/mol. The normalized spacial score (nSPS) is 15.0. The monoisotopic (exact) mass is 296 g/mol. The number of carbonyl (C=O) groups is 1. The van der Waals surface area contributed by atoms with Crippen molar-refractivity contribution in [1.82, 2.24) is 0 Å². The highest BCUT2D eigenvalue weighted by molar-refractivity contribution is 6.30. The Labute approximate surface area is 128 Å². The van der Waals surface area contributed by atoms with Crippen molar-refractivity contribution in [3.05, 3.63) is 64.7 Å². The maximum absolute atomic E-state index is 12.1. The van der Waals surface area contributed by atoms with E-state index in [1.165, 1.54) is 0 Å². The van der Waals surface area contributed by atoms with Gasteiger partial charge in [-0.1, -0.05) is 23.7 Å². The van der Waals surface area contributed by atoms with Gasteiger partial charge in [-0.05, 0) is 54.8 Å². The molecular weight excluding hydrogens is 284 g/mol. The van der Waals surface area contributed by atoms with Gasteiger partial charge in [-0.3, -0.25) is 4.79 Å². The first-order valence-corrected chi connectivity index (χ1v) is 7.09. The molecule has 3 nitrogen and oxygen atoms in total. The number of halogens is 1. The van der Waals surface area contributed by atoms with Crippen LogP contribution in [0.25, 0.3) is 0 Å². The Morgan fingerprint density at radius 1 is 1.10 bits per heavy atom. The number of amides is 1. The van der Waals surface area contributed by atoms with Gasteiger partial charge in [0.2, 0.25) is 0 Å². The molecule has 1 aliphatic rings. The molecule has 2 aromatic carbocycles. The lowest BCUT2D eigenvalue weighted by Gasteiger charge is -2.09. The molecule has 2 aromatic rings. The quantitative estimate of drug-likeness (QED) is 0.925. The molecular formula is C17H13ClN2O. The van der Waals surface area contributed by atoms with Gasteiger partial charge >= 0.3 is 0 Å². The summed E-state index contributed by atoms with van der Waals surface area (Å²) in [6, 6.07) is 16.6. The fraction of sp³-hybridized carbons (Fsp3) is 0.176. The van der Waals surface area contributed by atoms with Crippen molar-refractivity contribution < 1.29 is 4.79 Å². The molecule has 21 heavy (non-hydrogen) atoms. The Kier molecular flexibility index (Phi) is 3.40. The van der Waals surface area contributed by atoms with E-state index in [0.717, 1.165) is 18.4 Å². The third kappa shape index (κ3) is 2.76. The van der Waals surface area contributed by atoms with Crippen LogP contribution in [0, 0.1) is 11.3 Å². The van der Waals surface area contributed by atoms with E-state index in [-0.39, 0.29) is 11.3 Å². The van der Waals surface area contributed by atoms with Crippen LogP contribution in [0.15, 0.2) is 48.5 Å². The second kappa shape index (κ2) is 5.23. The van der Waals surface area contributed by atoms with Crippen molar-refractivity contribution in [2.45, 2.75) is 18.3 Å². The van der Waals surface area contributed by atoms with Gasteiger partial charge < -0.3 is 5.32 Å². The number of hydrogen-bond donors (Lipinski definition) is 1. The van der Waals surface area contributed by atoms with Crippen LogP contribution in [-0.2, 0) is 5.41 Å². The number of nitrogens with zero attached hydrogens (tertiary/aromatic N) is 1. The molecule has 3 rings (SSSR count). The first-order chi connectivity index (χ1) is 10.1. The molecule has 1 N–H and O–H groups in total. The van der Waals surface area contributed by atoms with E-state index in [2.05, 4.69) is 11.4 Å². The molecule has 1 aliphatic carbocycles. The molecule has 0 radical (unpaired) electrons. The summed E-state index contributed by atoms with van der Waals surface area (Å²) in [6.07, 6.45) is 1.83. The van der Waals surface area contributed by atoms with Crippen LogP contribution < -0.4 is 5.32 Å². The molecule has 0 heterocycles. The van der Waals surface area contributed by atoms with Crippen LogP contribution in [0.3, 0.4) is 0 Å². The number of benzene rings is 2. The molecule has 0 atom stereocenters. The van der Waals surface area contributed by atoms with E-state index in [4.69, 9.17) is 16.9 Å². The molecule has 4 heteroatoms. The summed E-state index contributed by atoms with van der Waals surface area (Å²) in [7, 11) is 0. The Hall–Kier alpha value is -2.31. The van der Waals surface area contributed by atoms with E-state index in [1.807, 2.05) is 24.3 Å². The van der Waals surface area contributed by atoms with Crippen LogP contribution in [0.2, 0.25) is 5.02 Å². The van der Waals surface area contributed by atoms with Gasteiger partial charge in [0.05, 0.1) is 11.5 Å². The van der Waals surface area contributed by atoms with E-state index >= 15 is 0 Å². The SMILES string of the molecule is N#CC1(c2ccc(NC(=O)c3ccc(Cl)cc3)cc2)CC1. The predicted octanol–water partition coefficient (Wildman–Crippen LogP) is 4.15. The smallest absolute Gasteiger partial charge is 0.255 e. The van der Waals surface area contributed by atoms with Gasteiger partial charge in [0.25, 0.3) is 5.91 Å². The van der Waals surface area contributed by atoms with Crippen LogP contribution in [0.4, 0.5) is 5.69 Å². The third-order valence-corrected chi connectivity index (χ3v) is 4.02. The first-order valence-electron chi connectivity index (χ1n) is 6.72. The Bertz CT molecular complexity index is 710. The van der Waals surface area contributed by atoms with Crippen LogP contribution in [-0.4, -0.2) is 5.91 Å². The average Bonchev–Trinajstić information content (AvgIpc) is 3.30. The van der Waals surface area contributed by atoms with Crippen molar-refractivity contribution in [2.75, 3.05) is 5.32 Å². The Morgan fingerprint density at radius 3 is 2.24 bits per heavy atom. The summed E-state index contributed by atoms with van der Waals surface area (Å²) in [4.78, 5) is 12.1. The lowest BCUT2D eigenvalue weighted by atomic mass is 9.98. The largest absolute Gasteiger partial charge is 0.322 e. The topological polar surface area (TPSA) is 52.9 Å². The van der Waals surface area contributed by atoms with E-state index in [9.17, 15) is 4.79 Å². The minimum Gasteiger partial charge on any atom is -0.322 e. The van der Waals surface area contributed by atoms with E-state index in [0.29, 0.717) is 16.3 Å². The molecule has 1 saturated carbocycles. The van der Waals surface area contributed by atoms with Crippen molar-refractivity contribution in [1.29, 1.82) is 5.26 Å². The lowest BCUT2D eigenvalue weighted by molar-refractivity contribution is 0.102. The van der Waals surface area contributed by atoms with Gasteiger partial charge in [-0.15, -0.1) is 0 Å². The first kappa shape index (κ1) is 13.7. The fourth-order valence-electron chi connectivity index (χ4n) is 2.27. The van der Waals surface area contributed by atoms with Gasteiger partial charge in [0.1, 0.15) is 0 Å². The molecule has 1 fully saturated rings. The molecule has 0 aromatic heterocycles. The van der Waals surface area contributed by atoms with Crippen LogP contribution in [0.1, 0.15) is 28.8 Å². The summed E-state index contributed by atoms with van der Waals surface area (Å²) < 4.78 is 0. The summed E-state index contributed by atoms with van der Waals surface area (Å²) in [5.74, 6) is -0.180. The second-order valence-electron chi connectivity index (χ2n) is 5.23. The number of anilines is 1. The highest BCUT2D eigenvalue weighted by atomic mass is 35.5. The van der Waals surface area contributed by atoms with Crippen molar-refractivity contribution in [3.63, 3.8) is 0 Å². The molecule has 0 aliphatic heterocycles. The van der Waals surface area contributed by atoms with Gasteiger partial charge in [-0.25, -0.2) is 0 Å². The number of nitriles is 1. The highest BCUT2D eigenvalue weighted by Crippen LogP contribution is 2.47. The van der Waals surface area contributed by atoms with Crippen molar-refractivity contribution in [2.24, 2.45) is 0 Å². The second-order valence-corrected chi connectivity index (χ2v) is 5.67. The number of rotatable bonds is 3. The molecule has 0 bridgehead atoms. The van der Waals surface area contributed by atoms with Crippen LogP contribution >= 0.6 is 11.6 Å². The third-order valence-electron chi connectivity index (χ3n) is 3.77. The maximum atomic E-state index is 12.1. The minimum absolute atomic E-state index is 0.180. The summed E-state index contributed by atoms with van der Waals surface area (Å²) in [6.45, 7) is 0. The highest BCUT2D eigenvalue weighted by Gasteiger charge is 2.44. The van der Waals surface area contributed by atoms with Gasteiger partial charge in [-0.2, -0.15) is 5.26 Å². The zero-order valence-corrected chi connectivity index (χ0v) is 12.0. The molecule has 0 spiro atoms. The molecule has 104 valence electrons. The summed E-state index contributed by atoms with van der Waals surface area (Å²) >= 11 is 5.80. The van der Waals surface area contributed by atoms with Gasteiger partial charge in [0.15, 0.2) is 0 Å². The van der Waals surface area contributed by atoms with Crippen molar-refractivity contribution >= 4 is 23.2 Å². The number of hydrogen-bond acceptors (Lipinski definition) is 2. The number of nitrogens with one attached hydrogen (secondary N) is 1. The molecule has 0 saturated heterocycles. The molecule has 1 amide bonds. The fourth-order valence-corrected chi connectivity index (χ4v) is 2.39. The Balaban J connectivity index is 1.72. The van der Waals surface area contributed by atoms with Crippen LogP contribution in [0.5, 0.6) is 0 Å². The van der Waals surface area contributed by atoms with E-state index in [1.54, 1.807) is 24.3 Å². The zero-order valence-electron chi connectivity index (χ0n) is 11.3. The average molecular weight is 297 g/mol. The zero-order chi connectivity index (χ0) is 14.9. The summed E-state index contributed by atoms with van der Waals surface area (Å²) in [5.41, 5.74) is 2.00. The maximum Gasteiger partial charge on any atom is 0.255 e.